The van der Waals surface area contributed by atoms with Crippen LogP contribution in [-0.2, 0) is 32.2 Å². The predicted molar refractivity (Wildman–Crippen MR) is 181 cm³/mol. The van der Waals surface area contributed by atoms with Gasteiger partial charge in [0.25, 0.3) is 0 Å². The maximum atomic E-state index is 14.5. The van der Waals surface area contributed by atoms with E-state index in [1.165, 1.54) is 17.7 Å². The van der Waals surface area contributed by atoms with Crippen LogP contribution in [0.3, 0.4) is 0 Å². The summed E-state index contributed by atoms with van der Waals surface area (Å²) in [5, 5.41) is 15.4. The number of carbonyl (C=O) groups excluding carboxylic acids is 2. The molecule has 0 unspecified atom stereocenters. The molecule has 2 atom stereocenters. The van der Waals surface area contributed by atoms with Crippen LogP contribution in [0.4, 0.5) is 8.78 Å². The number of halogens is 2. The molecule has 248 valence electrons. The number of hydrogen-bond donors (Lipinski definition) is 4. The predicted octanol–water partition coefficient (Wildman–Crippen LogP) is 6.17. The molecule has 7 nitrogen and oxygen atoms in total. The average Bonchev–Trinajstić information content (AvgIpc) is 3.03. The van der Waals surface area contributed by atoms with Gasteiger partial charge in [-0.15, -0.1) is 0 Å². The Balaban J connectivity index is 2.00. The van der Waals surface area contributed by atoms with E-state index in [0.717, 1.165) is 18.1 Å². The zero-order valence-corrected chi connectivity index (χ0v) is 27.3. The Morgan fingerprint density at radius 1 is 0.830 bits per heavy atom. The molecule has 2 amide bonds. The third kappa shape index (κ3) is 8.47. The summed E-state index contributed by atoms with van der Waals surface area (Å²) in [6, 6.07) is 14.9. The molecule has 1 heterocycles. The van der Waals surface area contributed by atoms with Crippen molar-refractivity contribution < 1.29 is 23.5 Å². The molecule has 0 bridgehead atoms. The molecule has 0 aliphatic heterocycles. The molecule has 47 heavy (non-hydrogen) atoms. The fourth-order valence-electron chi connectivity index (χ4n) is 6.56. The number of nitrogens with one attached hydrogen (secondary N) is 1. The normalized spacial score (nSPS) is 12.6. The second-order valence-electron chi connectivity index (χ2n) is 11.9. The molecule has 6 N–H and O–H groups in total. The van der Waals surface area contributed by atoms with Gasteiger partial charge in [-0.2, -0.15) is 0 Å². The lowest BCUT2D eigenvalue weighted by atomic mass is 9.73. The summed E-state index contributed by atoms with van der Waals surface area (Å²) in [5.41, 5.74) is 17.7. The SMILES string of the molecule is CCCc1c(C(N)=O)c(CCC)c(-c2ccncc2)c([C@H](Cc2cc(F)cc(F)c2)[C@@H](O)CNCc2cccc(CC)c2)c1C(N)=O. The van der Waals surface area contributed by atoms with Crippen LogP contribution >= 0.6 is 0 Å². The van der Waals surface area contributed by atoms with Gasteiger partial charge in [0.15, 0.2) is 0 Å². The summed E-state index contributed by atoms with van der Waals surface area (Å²) in [5.74, 6) is -3.84. The van der Waals surface area contributed by atoms with Crippen molar-refractivity contribution in [1.29, 1.82) is 0 Å². The number of carbonyl (C=O) groups is 2. The van der Waals surface area contributed by atoms with Crippen LogP contribution in [0.25, 0.3) is 11.1 Å². The van der Waals surface area contributed by atoms with E-state index >= 15 is 0 Å². The molecule has 0 aliphatic carbocycles. The molecular formula is C38H44F2N4O3. The number of nitrogens with two attached hydrogens (primary N) is 2. The highest BCUT2D eigenvalue weighted by Crippen LogP contribution is 2.43. The minimum absolute atomic E-state index is 0.0196. The van der Waals surface area contributed by atoms with Crippen LogP contribution in [-0.4, -0.2) is 34.6 Å². The van der Waals surface area contributed by atoms with Crippen LogP contribution in [0.1, 0.15) is 93.6 Å². The Hall–Kier alpha value is -4.47. The van der Waals surface area contributed by atoms with E-state index in [4.69, 9.17) is 11.5 Å². The van der Waals surface area contributed by atoms with E-state index in [1.54, 1.807) is 24.5 Å². The molecule has 3 aromatic carbocycles. The van der Waals surface area contributed by atoms with Gasteiger partial charge in [-0.25, -0.2) is 8.78 Å². The molecule has 0 saturated carbocycles. The van der Waals surface area contributed by atoms with E-state index in [1.807, 2.05) is 26.0 Å². The highest BCUT2D eigenvalue weighted by molar-refractivity contribution is 6.06. The monoisotopic (exact) mass is 642 g/mol. The lowest BCUT2D eigenvalue weighted by Gasteiger charge is -2.32. The van der Waals surface area contributed by atoms with Gasteiger partial charge < -0.3 is 21.9 Å². The summed E-state index contributed by atoms with van der Waals surface area (Å²) >= 11 is 0. The van der Waals surface area contributed by atoms with Crippen molar-refractivity contribution in [3.05, 3.63) is 123 Å². The van der Waals surface area contributed by atoms with Crippen LogP contribution in [0.15, 0.2) is 67.0 Å². The Bertz CT molecular complexity index is 1690. The number of nitrogens with zero attached hydrogens (tertiary/aromatic N) is 1. The number of aryl methyl sites for hydroxylation is 1. The van der Waals surface area contributed by atoms with Crippen molar-refractivity contribution in [2.45, 2.75) is 77.9 Å². The van der Waals surface area contributed by atoms with E-state index in [9.17, 15) is 23.5 Å². The Labute approximate surface area is 275 Å². The first-order valence-electron chi connectivity index (χ1n) is 16.2. The van der Waals surface area contributed by atoms with Crippen molar-refractivity contribution in [1.82, 2.24) is 10.3 Å². The summed E-state index contributed by atoms with van der Waals surface area (Å²) in [7, 11) is 0. The third-order valence-electron chi connectivity index (χ3n) is 8.50. The van der Waals surface area contributed by atoms with Gasteiger partial charge >= 0.3 is 0 Å². The minimum atomic E-state index is -1.14. The number of rotatable bonds is 16. The molecule has 0 aliphatic rings. The summed E-state index contributed by atoms with van der Waals surface area (Å²) in [4.78, 5) is 30.9. The van der Waals surface area contributed by atoms with E-state index < -0.39 is 35.5 Å². The zero-order valence-electron chi connectivity index (χ0n) is 27.3. The Kier molecular flexibility index (Phi) is 12.3. The standard InChI is InChI=1S/C38H44F2N4O3/c1-4-8-29-33(26-12-14-43-15-13-26)35(36(38(42)47)30(9-5-2)34(29)37(41)46)31(19-25-17-27(39)20-28(40)18-25)32(45)22-44-21-24-11-7-10-23(6-3)16-24/h7,10-18,20,31-32,44-45H,4-6,8-9,19,21-22H2,1-3H3,(H2,41,46)(H2,42,47)/t31-,32+/m1/s1. The van der Waals surface area contributed by atoms with Gasteiger partial charge in [-0.05, 0) is 94.5 Å². The average molecular weight is 643 g/mol. The number of pyridine rings is 1. The first kappa shape index (κ1) is 35.4. The smallest absolute Gasteiger partial charge is 0.249 e. The van der Waals surface area contributed by atoms with E-state index in [-0.39, 0.29) is 24.1 Å². The number of aliphatic hydroxyl groups excluding tert-OH is 1. The molecule has 0 radical (unpaired) electrons. The molecule has 1 aromatic heterocycles. The fourth-order valence-corrected chi connectivity index (χ4v) is 6.56. The molecule has 4 aromatic rings. The topological polar surface area (TPSA) is 131 Å². The van der Waals surface area contributed by atoms with Crippen molar-refractivity contribution >= 4 is 11.8 Å². The second-order valence-corrected chi connectivity index (χ2v) is 11.9. The molecule has 9 heteroatoms. The highest BCUT2D eigenvalue weighted by atomic mass is 19.1. The third-order valence-corrected chi connectivity index (χ3v) is 8.50. The Morgan fingerprint density at radius 3 is 2.04 bits per heavy atom. The number of aliphatic hydroxyl groups is 1. The van der Waals surface area contributed by atoms with Gasteiger partial charge in [0, 0.05) is 48.6 Å². The number of amides is 2. The number of primary amides is 2. The van der Waals surface area contributed by atoms with Crippen molar-refractivity contribution in [2.75, 3.05) is 6.54 Å². The highest BCUT2D eigenvalue weighted by Gasteiger charge is 2.35. The van der Waals surface area contributed by atoms with Crippen LogP contribution < -0.4 is 16.8 Å². The molecule has 0 spiro atoms. The second kappa shape index (κ2) is 16.4. The molecule has 0 fully saturated rings. The van der Waals surface area contributed by atoms with Crippen molar-refractivity contribution in [3.63, 3.8) is 0 Å². The maximum absolute atomic E-state index is 14.5. The van der Waals surface area contributed by atoms with Gasteiger partial charge in [0.1, 0.15) is 11.6 Å². The Morgan fingerprint density at radius 2 is 1.45 bits per heavy atom. The summed E-state index contributed by atoms with van der Waals surface area (Å²) in [6.45, 7) is 6.54. The fraction of sp³-hybridized carbons (Fsp3) is 0.342. The summed E-state index contributed by atoms with van der Waals surface area (Å²) in [6.07, 6.45) is 4.94. The number of aromatic nitrogens is 1. The summed E-state index contributed by atoms with van der Waals surface area (Å²) < 4.78 is 29.0. The van der Waals surface area contributed by atoms with Crippen molar-refractivity contribution in [2.24, 2.45) is 11.5 Å². The quantitative estimate of drug-likeness (QED) is 0.116. The van der Waals surface area contributed by atoms with E-state index in [2.05, 4.69) is 29.4 Å². The molecular weight excluding hydrogens is 598 g/mol. The zero-order chi connectivity index (χ0) is 34.1. The van der Waals surface area contributed by atoms with Crippen LogP contribution in [0.5, 0.6) is 0 Å². The number of hydrogen-bond acceptors (Lipinski definition) is 5. The van der Waals surface area contributed by atoms with Gasteiger partial charge in [0.05, 0.1) is 6.10 Å². The first-order valence-corrected chi connectivity index (χ1v) is 16.2. The largest absolute Gasteiger partial charge is 0.391 e. The lowest BCUT2D eigenvalue weighted by molar-refractivity contribution is 0.0994. The molecule has 4 rings (SSSR count). The van der Waals surface area contributed by atoms with Crippen LogP contribution in [0, 0.1) is 11.6 Å². The van der Waals surface area contributed by atoms with Crippen LogP contribution in [0.2, 0.25) is 0 Å². The van der Waals surface area contributed by atoms with Gasteiger partial charge in [-0.3, -0.25) is 14.6 Å². The van der Waals surface area contributed by atoms with Gasteiger partial charge in [-0.1, -0.05) is 57.9 Å². The van der Waals surface area contributed by atoms with E-state index in [0.29, 0.717) is 65.6 Å². The first-order chi connectivity index (χ1) is 22.6. The molecule has 0 saturated heterocycles. The number of benzene rings is 3. The van der Waals surface area contributed by atoms with Crippen molar-refractivity contribution in [3.8, 4) is 11.1 Å². The maximum Gasteiger partial charge on any atom is 0.249 e. The lowest BCUT2D eigenvalue weighted by Crippen LogP contribution is -2.35. The van der Waals surface area contributed by atoms with Gasteiger partial charge in [0.2, 0.25) is 11.8 Å². The minimum Gasteiger partial charge on any atom is -0.391 e.